The van der Waals surface area contributed by atoms with Gasteiger partial charge in [-0.3, -0.25) is 10.2 Å². The van der Waals surface area contributed by atoms with Crippen LogP contribution in [0.15, 0.2) is 30.3 Å². The summed E-state index contributed by atoms with van der Waals surface area (Å²) in [5.41, 5.74) is 0.705. The molecule has 1 N–H and O–H groups in total. The van der Waals surface area contributed by atoms with E-state index in [1.165, 1.54) is 11.8 Å². The summed E-state index contributed by atoms with van der Waals surface area (Å²) in [7, 11) is 3.59. The molecule has 0 bridgehead atoms. The lowest BCUT2D eigenvalue weighted by atomic mass is 10.2. The molecule has 0 saturated heterocycles. The molecule has 0 aromatic heterocycles. The van der Waals surface area contributed by atoms with Crippen molar-refractivity contribution in [2.45, 2.75) is 0 Å². The van der Waals surface area contributed by atoms with Crippen molar-refractivity contribution in [3.8, 4) is 0 Å². The fourth-order valence-electron chi connectivity index (χ4n) is 0.970. The minimum Gasteiger partial charge on any atom is -0.358 e. The molecule has 1 aromatic carbocycles. The average Bonchev–Trinajstić information content (AvgIpc) is 2.26. The lowest BCUT2D eigenvalue weighted by Crippen LogP contribution is -2.19. The molecular formula is C11H14N2OS. The molecule has 1 rings (SSSR count). The Hall–Kier alpha value is -1.29. The first kappa shape index (κ1) is 11.8. The molecule has 15 heavy (non-hydrogen) atoms. The SMILES string of the molecule is CN(C)C(=N)SCC(=O)c1ccccc1. The van der Waals surface area contributed by atoms with Gasteiger partial charge in [0.25, 0.3) is 0 Å². The van der Waals surface area contributed by atoms with E-state index in [2.05, 4.69) is 0 Å². The van der Waals surface area contributed by atoms with Gasteiger partial charge in [-0.1, -0.05) is 42.1 Å². The fourth-order valence-corrected chi connectivity index (χ4v) is 1.66. The first-order valence-electron chi connectivity index (χ1n) is 4.58. The van der Waals surface area contributed by atoms with Crippen LogP contribution in [0.25, 0.3) is 0 Å². The molecule has 0 spiro atoms. The highest BCUT2D eigenvalue weighted by Crippen LogP contribution is 2.09. The third-order valence-corrected chi connectivity index (χ3v) is 2.89. The Labute approximate surface area is 94.0 Å². The van der Waals surface area contributed by atoms with Gasteiger partial charge < -0.3 is 4.90 Å². The van der Waals surface area contributed by atoms with Gasteiger partial charge in [0.05, 0.1) is 5.75 Å². The van der Waals surface area contributed by atoms with Crippen LogP contribution in [0.2, 0.25) is 0 Å². The molecule has 0 fully saturated rings. The first-order chi connectivity index (χ1) is 7.11. The second-order valence-corrected chi connectivity index (χ2v) is 4.24. The molecule has 0 saturated carbocycles. The Balaban J connectivity index is 2.48. The van der Waals surface area contributed by atoms with Gasteiger partial charge in [0, 0.05) is 19.7 Å². The summed E-state index contributed by atoms with van der Waals surface area (Å²) in [4.78, 5) is 13.3. The zero-order valence-corrected chi connectivity index (χ0v) is 9.67. The minimum absolute atomic E-state index is 0.0622. The van der Waals surface area contributed by atoms with Crippen molar-refractivity contribution in [1.29, 1.82) is 5.41 Å². The molecular weight excluding hydrogens is 208 g/mol. The third-order valence-electron chi connectivity index (χ3n) is 1.84. The van der Waals surface area contributed by atoms with Gasteiger partial charge >= 0.3 is 0 Å². The molecule has 0 aliphatic carbocycles. The number of Topliss-reactive ketones (excluding diaryl/α,β-unsaturated/α-hetero) is 1. The lowest BCUT2D eigenvalue weighted by Gasteiger charge is -2.11. The number of nitrogens with one attached hydrogen (secondary N) is 1. The zero-order valence-electron chi connectivity index (χ0n) is 8.86. The number of carbonyl (C=O) groups excluding carboxylic acids is 1. The lowest BCUT2D eigenvalue weighted by molar-refractivity contribution is 0.102. The van der Waals surface area contributed by atoms with E-state index in [0.717, 1.165) is 0 Å². The first-order valence-corrected chi connectivity index (χ1v) is 5.56. The van der Waals surface area contributed by atoms with Crippen LogP contribution in [0, 0.1) is 5.41 Å². The number of nitrogens with zero attached hydrogens (tertiary/aromatic N) is 1. The van der Waals surface area contributed by atoms with E-state index in [0.29, 0.717) is 16.5 Å². The van der Waals surface area contributed by atoms with Crippen molar-refractivity contribution < 1.29 is 4.79 Å². The van der Waals surface area contributed by atoms with E-state index in [4.69, 9.17) is 5.41 Å². The maximum atomic E-state index is 11.6. The summed E-state index contributed by atoms with van der Waals surface area (Å²) in [6.45, 7) is 0. The van der Waals surface area contributed by atoms with Crippen molar-refractivity contribution in [3.63, 3.8) is 0 Å². The Bertz CT molecular complexity index is 349. The molecule has 4 heteroatoms. The van der Waals surface area contributed by atoms with E-state index in [-0.39, 0.29) is 5.78 Å². The second kappa shape index (κ2) is 5.56. The molecule has 0 amide bonds. The predicted octanol–water partition coefficient (Wildman–Crippen LogP) is 2.10. The number of amidine groups is 1. The van der Waals surface area contributed by atoms with E-state index in [1.807, 2.05) is 18.2 Å². The Kier molecular flexibility index (Phi) is 4.37. The van der Waals surface area contributed by atoms with Crippen LogP contribution in [0.1, 0.15) is 10.4 Å². The highest BCUT2D eigenvalue weighted by Gasteiger charge is 2.07. The van der Waals surface area contributed by atoms with Crippen molar-refractivity contribution in [3.05, 3.63) is 35.9 Å². The number of hydrogen-bond donors (Lipinski definition) is 1. The van der Waals surface area contributed by atoms with Crippen molar-refractivity contribution in [2.24, 2.45) is 0 Å². The monoisotopic (exact) mass is 222 g/mol. The molecule has 0 atom stereocenters. The van der Waals surface area contributed by atoms with Gasteiger partial charge in [-0.2, -0.15) is 0 Å². The maximum absolute atomic E-state index is 11.6. The summed E-state index contributed by atoms with van der Waals surface area (Å²) in [5, 5.41) is 7.94. The third kappa shape index (κ3) is 3.75. The zero-order chi connectivity index (χ0) is 11.3. The average molecular weight is 222 g/mol. The molecule has 0 aliphatic rings. The molecule has 0 unspecified atom stereocenters. The van der Waals surface area contributed by atoms with Crippen LogP contribution in [0.5, 0.6) is 0 Å². The van der Waals surface area contributed by atoms with Crippen molar-refractivity contribution in [1.82, 2.24) is 4.90 Å². The van der Waals surface area contributed by atoms with E-state index in [1.54, 1.807) is 31.1 Å². The van der Waals surface area contributed by atoms with Crippen LogP contribution in [0.3, 0.4) is 0 Å². The predicted molar refractivity (Wildman–Crippen MR) is 64.6 cm³/mol. The van der Waals surface area contributed by atoms with Crippen LogP contribution >= 0.6 is 11.8 Å². The molecule has 0 aliphatic heterocycles. The number of hydrogen-bond acceptors (Lipinski definition) is 3. The van der Waals surface area contributed by atoms with Gasteiger partial charge in [0.15, 0.2) is 11.0 Å². The molecule has 0 heterocycles. The van der Waals surface area contributed by atoms with Gasteiger partial charge in [-0.25, -0.2) is 0 Å². The number of thioether (sulfide) groups is 1. The van der Waals surface area contributed by atoms with E-state index in [9.17, 15) is 4.79 Å². The van der Waals surface area contributed by atoms with Crippen LogP contribution in [0.4, 0.5) is 0 Å². The standard InChI is InChI=1S/C11H14N2OS/c1-13(2)11(12)15-8-10(14)9-6-4-3-5-7-9/h3-7,12H,8H2,1-2H3. The van der Waals surface area contributed by atoms with E-state index >= 15 is 0 Å². The summed E-state index contributed by atoms with van der Waals surface area (Å²) in [5.74, 6) is 0.383. The second-order valence-electron chi connectivity index (χ2n) is 3.28. The van der Waals surface area contributed by atoms with Crippen LogP contribution in [-0.2, 0) is 0 Å². The Morgan fingerprint density at radius 1 is 1.33 bits per heavy atom. The molecule has 3 nitrogen and oxygen atoms in total. The molecule has 1 aromatic rings. The van der Waals surface area contributed by atoms with Crippen molar-refractivity contribution in [2.75, 3.05) is 19.8 Å². The summed E-state index contributed by atoms with van der Waals surface area (Å²) in [6, 6.07) is 9.15. The summed E-state index contributed by atoms with van der Waals surface area (Å²) < 4.78 is 0. The number of carbonyl (C=O) groups is 1. The van der Waals surface area contributed by atoms with Gasteiger partial charge in [0.2, 0.25) is 0 Å². The fraction of sp³-hybridized carbons (Fsp3) is 0.273. The Morgan fingerprint density at radius 3 is 2.47 bits per heavy atom. The summed E-state index contributed by atoms with van der Waals surface area (Å²) >= 11 is 1.25. The highest BCUT2D eigenvalue weighted by atomic mass is 32.2. The minimum atomic E-state index is 0.0622. The Morgan fingerprint density at radius 2 is 1.93 bits per heavy atom. The van der Waals surface area contributed by atoms with Gasteiger partial charge in [0.1, 0.15) is 0 Å². The smallest absolute Gasteiger partial charge is 0.173 e. The van der Waals surface area contributed by atoms with Crippen LogP contribution in [-0.4, -0.2) is 35.7 Å². The molecule has 0 radical (unpaired) electrons. The van der Waals surface area contributed by atoms with Gasteiger partial charge in [-0.15, -0.1) is 0 Å². The quantitative estimate of drug-likeness (QED) is 0.484. The maximum Gasteiger partial charge on any atom is 0.173 e. The highest BCUT2D eigenvalue weighted by molar-refractivity contribution is 8.14. The normalized spacial score (nSPS) is 9.73. The van der Waals surface area contributed by atoms with E-state index < -0.39 is 0 Å². The van der Waals surface area contributed by atoms with Crippen LogP contribution < -0.4 is 0 Å². The topological polar surface area (TPSA) is 44.2 Å². The number of rotatable bonds is 3. The number of ketones is 1. The molecule has 80 valence electrons. The van der Waals surface area contributed by atoms with Gasteiger partial charge in [-0.05, 0) is 0 Å². The number of benzene rings is 1. The summed E-state index contributed by atoms with van der Waals surface area (Å²) in [6.07, 6.45) is 0. The van der Waals surface area contributed by atoms with Crippen molar-refractivity contribution >= 4 is 22.7 Å². The largest absolute Gasteiger partial charge is 0.358 e.